The third-order valence-corrected chi connectivity index (χ3v) is 3.04. The van der Waals surface area contributed by atoms with E-state index >= 15 is 0 Å². The van der Waals surface area contributed by atoms with Gasteiger partial charge in [-0.25, -0.2) is 8.42 Å². The number of rotatable bonds is 8. The SMILES string of the molecule is CCOCCC(CCS(C)(=O)=O)NC. The number of sulfone groups is 1. The molecule has 5 heteroatoms. The minimum Gasteiger partial charge on any atom is -0.382 e. The summed E-state index contributed by atoms with van der Waals surface area (Å²) in [5, 5.41) is 3.09. The first kappa shape index (κ1) is 13.9. The largest absolute Gasteiger partial charge is 0.382 e. The Labute approximate surface area is 86.9 Å². The molecule has 0 amide bonds. The van der Waals surface area contributed by atoms with E-state index in [4.69, 9.17) is 4.74 Å². The van der Waals surface area contributed by atoms with E-state index in [2.05, 4.69) is 5.32 Å². The molecule has 1 atom stereocenters. The summed E-state index contributed by atoms with van der Waals surface area (Å²) >= 11 is 0. The molecule has 0 heterocycles. The van der Waals surface area contributed by atoms with Gasteiger partial charge in [0.25, 0.3) is 0 Å². The molecule has 0 radical (unpaired) electrons. The van der Waals surface area contributed by atoms with E-state index in [1.54, 1.807) is 0 Å². The summed E-state index contributed by atoms with van der Waals surface area (Å²) in [5.74, 6) is 0.241. The molecule has 86 valence electrons. The minimum atomic E-state index is -2.84. The van der Waals surface area contributed by atoms with E-state index in [0.717, 1.165) is 6.42 Å². The predicted molar refractivity (Wildman–Crippen MR) is 58.3 cm³/mol. The third-order valence-electron chi connectivity index (χ3n) is 2.06. The van der Waals surface area contributed by atoms with Crippen molar-refractivity contribution in [2.75, 3.05) is 32.3 Å². The summed E-state index contributed by atoms with van der Waals surface area (Å²) in [5.41, 5.74) is 0. The molecule has 0 spiro atoms. The van der Waals surface area contributed by atoms with Crippen molar-refractivity contribution in [1.29, 1.82) is 0 Å². The van der Waals surface area contributed by atoms with Gasteiger partial charge in [0.2, 0.25) is 0 Å². The average Bonchev–Trinajstić information content (AvgIpc) is 2.09. The van der Waals surface area contributed by atoms with Gasteiger partial charge in [0, 0.05) is 25.5 Å². The van der Waals surface area contributed by atoms with Crippen LogP contribution in [0.25, 0.3) is 0 Å². The highest BCUT2D eigenvalue weighted by Crippen LogP contribution is 2.00. The van der Waals surface area contributed by atoms with Gasteiger partial charge in [-0.05, 0) is 26.8 Å². The van der Waals surface area contributed by atoms with Crippen LogP contribution >= 0.6 is 0 Å². The van der Waals surface area contributed by atoms with Crippen LogP contribution in [0.4, 0.5) is 0 Å². The first-order valence-electron chi connectivity index (χ1n) is 4.92. The molecule has 4 nitrogen and oxygen atoms in total. The lowest BCUT2D eigenvalue weighted by atomic mass is 10.2. The number of hydrogen-bond donors (Lipinski definition) is 1. The van der Waals surface area contributed by atoms with Crippen LogP contribution in [-0.4, -0.2) is 46.7 Å². The van der Waals surface area contributed by atoms with E-state index in [0.29, 0.717) is 19.6 Å². The smallest absolute Gasteiger partial charge is 0.147 e. The second-order valence-electron chi connectivity index (χ2n) is 3.39. The quantitative estimate of drug-likeness (QED) is 0.607. The van der Waals surface area contributed by atoms with Crippen LogP contribution in [0.5, 0.6) is 0 Å². The first-order valence-corrected chi connectivity index (χ1v) is 6.98. The van der Waals surface area contributed by atoms with Crippen molar-refractivity contribution in [2.24, 2.45) is 0 Å². The third kappa shape index (κ3) is 8.47. The Bertz CT molecular complexity index is 226. The molecule has 0 rings (SSSR count). The molecule has 0 saturated heterocycles. The van der Waals surface area contributed by atoms with Gasteiger partial charge in [-0.2, -0.15) is 0 Å². The molecule has 0 aromatic rings. The van der Waals surface area contributed by atoms with Gasteiger partial charge < -0.3 is 10.1 Å². The Hall–Kier alpha value is -0.130. The van der Waals surface area contributed by atoms with Crippen molar-refractivity contribution in [2.45, 2.75) is 25.8 Å². The monoisotopic (exact) mass is 223 g/mol. The van der Waals surface area contributed by atoms with Crippen LogP contribution < -0.4 is 5.32 Å². The van der Waals surface area contributed by atoms with E-state index in [-0.39, 0.29) is 11.8 Å². The molecule has 0 aliphatic carbocycles. The number of hydrogen-bond acceptors (Lipinski definition) is 4. The Morgan fingerprint density at radius 2 is 2.00 bits per heavy atom. The molecule has 0 aliphatic heterocycles. The summed E-state index contributed by atoms with van der Waals surface area (Å²) in [7, 11) is -0.995. The fourth-order valence-electron chi connectivity index (χ4n) is 1.16. The second-order valence-corrected chi connectivity index (χ2v) is 5.65. The number of nitrogens with one attached hydrogen (secondary N) is 1. The van der Waals surface area contributed by atoms with Gasteiger partial charge in [0.15, 0.2) is 0 Å². The Morgan fingerprint density at radius 1 is 1.36 bits per heavy atom. The molecule has 0 fully saturated rings. The van der Waals surface area contributed by atoms with Crippen molar-refractivity contribution in [3.8, 4) is 0 Å². The van der Waals surface area contributed by atoms with Gasteiger partial charge in [-0.15, -0.1) is 0 Å². The number of ether oxygens (including phenoxy) is 1. The predicted octanol–water partition coefficient (Wildman–Crippen LogP) is 0.436. The normalized spacial score (nSPS) is 14.2. The molecule has 1 unspecified atom stereocenters. The summed E-state index contributed by atoms with van der Waals surface area (Å²) in [6.07, 6.45) is 2.78. The summed E-state index contributed by atoms with van der Waals surface area (Å²) < 4.78 is 27.1. The van der Waals surface area contributed by atoms with Gasteiger partial charge in [-0.3, -0.25) is 0 Å². The average molecular weight is 223 g/mol. The topological polar surface area (TPSA) is 55.4 Å². The zero-order valence-electron chi connectivity index (χ0n) is 9.25. The lowest BCUT2D eigenvalue weighted by Gasteiger charge is -2.15. The summed E-state index contributed by atoms with van der Waals surface area (Å²) in [6.45, 7) is 3.35. The Kier molecular flexibility index (Phi) is 7.13. The lowest BCUT2D eigenvalue weighted by molar-refractivity contribution is 0.136. The van der Waals surface area contributed by atoms with Crippen molar-refractivity contribution < 1.29 is 13.2 Å². The first-order chi connectivity index (χ1) is 6.49. The molecule has 0 aliphatic rings. The maximum absolute atomic E-state index is 10.9. The molecule has 0 saturated carbocycles. The van der Waals surface area contributed by atoms with Crippen LogP contribution in [0, 0.1) is 0 Å². The van der Waals surface area contributed by atoms with E-state index < -0.39 is 9.84 Å². The van der Waals surface area contributed by atoms with Gasteiger partial charge in [-0.1, -0.05) is 0 Å². The highest BCUT2D eigenvalue weighted by atomic mass is 32.2. The summed E-state index contributed by atoms with van der Waals surface area (Å²) in [6, 6.07) is 0.233. The second kappa shape index (κ2) is 7.20. The van der Waals surface area contributed by atoms with E-state index in [1.165, 1.54) is 6.26 Å². The van der Waals surface area contributed by atoms with Crippen LogP contribution in [-0.2, 0) is 14.6 Å². The zero-order valence-corrected chi connectivity index (χ0v) is 10.1. The van der Waals surface area contributed by atoms with Crippen molar-refractivity contribution in [3.05, 3.63) is 0 Å². The highest BCUT2D eigenvalue weighted by Gasteiger charge is 2.09. The molecule has 0 aromatic heterocycles. The maximum atomic E-state index is 10.9. The standard InChI is InChI=1S/C9H21NO3S/c1-4-13-7-5-9(10-2)6-8-14(3,11)12/h9-10H,4-8H2,1-3H3. The van der Waals surface area contributed by atoms with E-state index in [9.17, 15) is 8.42 Å². The van der Waals surface area contributed by atoms with Crippen molar-refractivity contribution >= 4 is 9.84 Å². The van der Waals surface area contributed by atoms with Crippen LogP contribution in [0.3, 0.4) is 0 Å². The molecule has 0 aromatic carbocycles. The van der Waals surface area contributed by atoms with Gasteiger partial charge in [0.1, 0.15) is 9.84 Å². The summed E-state index contributed by atoms with van der Waals surface area (Å²) in [4.78, 5) is 0. The molecule has 14 heavy (non-hydrogen) atoms. The van der Waals surface area contributed by atoms with Crippen LogP contribution in [0.15, 0.2) is 0 Å². The fourth-order valence-corrected chi connectivity index (χ4v) is 1.87. The zero-order chi connectivity index (χ0) is 11.0. The fraction of sp³-hybridized carbons (Fsp3) is 1.00. The van der Waals surface area contributed by atoms with Crippen molar-refractivity contribution in [1.82, 2.24) is 5.32 Å². The van der Waals surface area contributed by atoms with Crippen molar-refractivity contribution in [3.63, 3.8) is 0 Å². The molecular formula is C9H21NO3S. The molecule has 0 bridgehead atoms. The maximum Gasteiger partial charge on any atom is 0.147 e. The molecule has 1 N–H and O–H groups in total. The minimum absolute atomic E-state index is 0.233. The van der Waals surface area contributed by atoms with Crippen LogP contribution in [0.1, 0.15) is 19.8 Å². The highest BCUT2D eigenvalue weighted by molar-refractivity contribution is 7.90. The van der Waals surface area contributed by atoms with E-state index in [1.807, 2.05) is 14.0 Å². The Balaban J connectivity index is 3.69. The molecular weight excluding hydrogens is 202 g/mol. The Morgan fingerprint density at radius 3 is 2.43 bits per heavy atom. The lowest BCUT2D eigenvalue weighted by Crippen LogP contribution is -2.29. The van der Waals surface area contributed by atoms with Gasteiger partial charge in [0.05, 0.1) is 5.75 Å². The van der Waals surface area contributed by atoms with Gasteiger partial charge >= 0.3 is 0 Å². The van der Waals surface area contributed by atoms with Crippen LogP contribution in [0.2, 0.25) is 0 Å².